The summed E-state index contributed by atoms with van der Waals surface area (Å²) in [7, 11) is 0. The second kappa shape index (κ2) is 8.05. The van der Waals surface area contributed by atoms with Crippen molar-refractivity contribution in [3.8, 4) is 5.75 Å². The molecular weight excluding hydrogens is 262 g/mol. The Labute approximate surface area is 120 Å². The van der Waals surface area contributed by atoms with Gasteiger partial charge in [0.15, 0.2) is 0 Å². The molecule has 0 aliphatic rings. The number of hydrogen-bond donors (Lipinski definition) is 0. The van der Waals surface area contributed by atoms with Crippen LogP contribution in [0.2, 0.25) is 0 Å². The van der Waals surface area contributed by atoms with Gasteiger partial charge in [-0.2, -0.15) is 0 Å². The van der Waals surface area contributed by atoms with E-state index >= 15 is 0 Å². The first-order valence-electron chi connectivity index (χ1n) is 6.62. The van der Waals surface area contributed by atoms with Gasteiger partial charge in [-0.3, -0.25) is 4.79 Å². The third-order valence-electron chi connectivity index (χ3n) is 2.66. The first-order valence-corrected chi connectivity index (χ1v) is 7.15. The van der Waals surface area contributed by atoms with E-state index in [4.69, 9.17) is 16.3 Å². The Morgan fingerprint density at radius 3 is 2.42 bits per heavy atom. The number of hydrogen-bond acceptors (Lipinski definition) is 2. The molecule has 0 radical (unpaired) electrons. The average molecular weight is 284 g/mol. The fourth-order valence-electron chi connectivity index (χ4n) is 1.86. The Morgan fingerprint density at radius 2 is 1.95 bits per heavy atom. The fourth-order valence-corrected chi connectivity index (χ4v) is 2.03. The van der Waals surface area contributed by atoms with Gasteiger partial charge in [-0.1, -0.05) is 26.0 Å². The van der Waals surface area contributed by atoms with Crippen LogP contribution in [0.5, 0.6) is 5.75 Å². The van der Waals surface area contributed by atoms with Gasteiger partial charge in [-0.05, 0) is 30.5 Å². The van der Waals surface area contributed by atoms with Gasteiger partial charge in [0.05, 0.1) is 6.61 Å². The zero-order valence-electron chi connectivity index (χ0n) is 11.9. The van der Waals surface area contributed by atoms with Gasteiger partial charge in [0.2, 0.25) is 5.91 Å². The van der Waals surface area contributed by atoms with Crippen molar-refractivity contribution in [2.75, 3.05) is 19.0 Å². The molecule has 0 fully saturated rings. The lowest BCUT2D eigenvalue weighted by Gasteiger charge is -2.24. The van der Waals surface area contributed by atoms with Crippen molar-refractivity contribution in [1.29, 1.82) is 0 Å². The van der Waals surface area contributed by atoms with Crippen LogP contribution < -0.4 is 4.74 Å². The summed E-state index contributed by atoms with van der Waals surface area (Å²) >= 11 is 5.65. The van der Waals surface area contributed by atoms with Crippen LogP contribution in [0.4, 0.5) is 0 Å². The van der Waals surface area contributed by atoms with Crippen LogP contribution in [0.25, 0.3) is 0 Å². The first-order chi connectivity index (χ1) is 9.06. The minimum absolute atomic E-state index is 0.0238. The van der Waals surface area contributed by atoms with Crippen molar-refractivity contribution in [3.05, 3.63) is 29.8 Å². The lowest BCUT2D eigenvalue weighted by Crippen LogP contribution is -2.34. The number of ether oxygens (including phenoxy) is 1. The predicted molar refractivity (Wildman–Crippen MR) is 78.6 cm³/mol. The lowest BCUT2D eigenvalue weighted by molar-refractivity contribution is -0.129. The zero-order valence-corrected chi connectivity index (χ0v) is 12.6. The van der Waals surface area contributed by atoms with E-state index < -0.39 is 0 Å². The molecule has 4 heteroatoms. The van der Waals surface area contributed by atoms with Gasteiger partial charge in [0.1, 0.15) is 11.6 Å². The van der Waals surface area contributed by atoms with Crippen molar-refractivity contribution in [3.63, 3.8) is 0 Å². The summed E-state index contributed by atoms with van der Waals surface area (Å²) in [5.74, 6) is 1.29. The van der Waals surface area contributed by atoms with E-state index in [1.54, 1.807) is 4.90 Å². The standard InChI is InChI=1S/C15H22ClNO2/c1-4-19-14-7-5-13(6-8-14)11-17(10-12(2)3)15(18)9-16/h5-8,12H,4,9-11H2,1-3H3. The maximum Gasteiger partial charge on any atom is 0.237 e. The number of alkyl halides is 1. The van der Waals surface area contributed by atoms with Gasteiger partial charge < -0.3 is 9.64 Å². The van der Waals surface area contributed by atoms with Gasteiger partial charge in [-0.15, -0.1) is 11.6 Å². The van der Waals surface area contributed by atoms with Crippen LogP contribution in [-0.4, -0.2) is 29.8 Å². The molecule has 19 heavy (non-hydrogen) atoms. The molecule has 1 aromatic carbocycles. The second-order valence-electron chi connectivity index (χ2n) is 4.88. The van der Waals surface area contributed by atoms with Crippen molar-refractivity contribution in [2.24, 2.45) is 5.92 Å². The number of amides is 1. The van der Waals surface area contributed by atoms with E-state index in [0.29, 0.717) is 19.1 Å². The summed E-state index contributed by atoms with van der Waals surface area (Å²) in [4.78, 5) is 13.6. The molecule has 0 atom stereocenters. The molecule has 1 amide bonds. The fraction of sp³-hybridized carbons (Fsp3) is 0.533. The number of benzene rings is 1. The molecule has 0 aromatic heterocycles. The second-order valence-corrected chi connectivity index (χ2v) is 5.15. The topological polar surface area (TPSA) is 29.5 Å². The third kappa shape index (κ3) is 5.52. The number of rotatable bonds is 7. The molecule has 1 rings (SSSR count). The monoisotopic (exact) mass is 283 g/mol. The Morgan fingerprint density at radius 1 is 1.32 bits per heavy atom. The Bertz CT molecular complexity index is 390. The highest BCUT2D eigenvalue weighted by atomic mass is 35.5. The average Bonchev–Trinajstić information content (AvgIpc) is 2.39. The van der Waals surface area contributed by atoms with E-state index in [-0.39, 0.29) is 11.8 Å². The maximum absolute atomic E-state index is 11.8. The molecule has 0 aliphatic carbocycles. The summed E-state index contributed by atoms with van der Waals surface area (Å²) in [6.07, 6.45) is 0. The van der Waals surface area contributed by atoms with E-state index in [9.17, 15) is 4.79 Å². The summed E-state index contributed by atoms with van der Waals surface area (Å²) < 4.78 is 5.40. The molecule has 0 spiro atoms. The largest absolute Gasteiger partial charge is 0.494 e. The van der Waals surface area contributed by atoms with Crippen LogP contribution in [0.3, 0.4) is 0 Å². The van der Waals surface area contributed by atoms with Crippen LogP contribution in [0.15, 0.2) is 24.3 Å². The SMILES string of the molecule is CCOc1ccc(CN(CC(C)C)C(=O)CCl)cc1. The Hall–Kier alpha value is -1.22. The van der Waals surface area contributed by atoms with Crippen molar-refractivity contribution in [2.45, 2.75) is 27.3 Å². The van der Waals surface area contributed by atoms with Gasteiger partial charge in [0.25, 0.3) is 0 Å². The highest BCUT2D eigenvalue weighted by molar-refractivity contribution is 6.27. The number of nitrogens with zero attached hydrogens (tertiary/aromatic N) is 1. The van der Waals surface area contributed by atoms with Crippen LogP contribution in [0.1, 0.15) is 26.3 Å². The lowest BCUT2D eigenvalue weighted by atomic mass is 10.1. The van der Waals surface area contributed by atoms with Crippen molar-refractivity contribution in [1.82, 2.24) is 4.90 Å². The zero-order chi connectivity index (χ0) is 14.3. The molecular formula is C15H22ClNO2. The highest BCUT2D eigenvalue weighted by Crippen LogP contribution is 2.14. The smallest absolute Gasteiger partial charge is 0.237 e. The van der Waals surface area contributed by atoms with Gasteiger partial charge in [0, 0.05) is 13.1 Å². The maximum atomic E-state index is 11.8. The van der Waals surface area contributed by atoms with E-state index in [1.807, 2.05) is 31.2 Å². The van der Waals surface area contributed by atoms with Gasteiger partial charge >= 0.3 is 0 Å². The quantitative estimate of drug-likeness (QED) is 0.719. The molecule has 0 N–H and O–H groups in total. The molecule has 0 saturated carbocycles. The first kappa shape index (κ1) is 15.8. The van der Waals surface area contributed by atoms with E-state index in [2.05, 4.69) is 13.8 Å². The summed E-state index contributed by atoms with van der Waals surface area (Å²) in [5, 5.41) is 0. The Kier molecular flexibility index (Phi) is 6.71. The van der Waals surface area contributed by atoms with Crippen LogP contribution in [-0.2, 0) is 11.3 Å². The minimum Gasteiger partial charge on any atom is -0.494 e. The number of carbonyl (C=O) groups excluding carboxylic acids is 1. The third-order valence-corrected chi connectivity index (χ3v) is 2.89. The van der Waals surface area contributed by atoms with E-state index in [1.165, 1.54) is 0 Å². The van der Waals surface area contributed by atoms with E-state index in [0.717, 1.165) is 17.9 Å². The number of carbonyl (C=O) groups is 1. The minimum atomic E-state index is -0.0238. The molecule has 3 nitrogen and oxygen atoms in total. The van der Waals surface area contributed by atoms with Crippen LogP contribution in [0, 0.1) is 5.92 Å². The summed E-state index contributed by atoms with van der Waals surface area (Å²) in [6.45, 7) is 8.11. The molecule has 0 bridgehead atoms. The molecule has 0 heterocycles. The van der Waals surface area contributed by atoms with Gasteiger partial charge in [-0.25, -0.2) is 0 Å². The molecule has 0 saturated heterocycles. The normalized spacial score (nSPS) is 10.6. The molecule has 106 valence electrons. The molecule has 0 aliphatic heterocycles. The summed E-state index contributed by atoms with van der Waals surface area (Å²) in [5.41, 5.74) is 1.09. The highest BCUT2D eigenvalue weighted by Gasteiger charge is 2.14. The number of halogens is 1. The predicted octanol–water partition coefficient (Wildman–Crippen LogP) is 3.31. The van der Waals surface area contributed by atoms with Crippen LogP contribution >= 0.6 is 11.6 Å². The summed E-state index contributed by atoms with van der Waals surface area (Å²) in [6, 6.07) is 7.83. The van der Waals surface area contributed by atoms with Crippen molar-refractivity contribution < 1.29 is 9.53 Å². The van der Waals surface area contributed by atoms with Crippen molar-refractivity contribution >= 4 is 17.5 Å². The Balaban J connectivity index is 2.69. The molecule has 1 aromatic rings. The molecule has 0 unspecified atom stereocenters.